The average Bonchev–Trinajstić information content (AvgIpc) is 2.34. The van der Waals surface area contributed by atoms with E-state index in [-0.39, 0.29) is 0 Å². The summed E-state index contributed by atoms with van der Waals surface area (Å²) in [6.45, 7) is 1.96. The van der Waals surface area contributed by atoms with Crippen LogP contribution in [0.15, 0.2) is 28.7 Å². The van der Waals surface area contributed by atoms with Gasteiger partial charge in [-0.2, -0.15) is 0 Å². The molecule has 17 heavy (non-hydrogen) atoms. The molecular formula is C14H19BrClN. The van der Waals surface area contributed by atoms with Gasteiger partial charge in [-0.25, -0.2) is 0 Å². The van der Waals surface area contributed by atoms with Crippen molar-refractivity contribution in [3.05, 3.63) is 34.3 Å². The third kappa shape index (κ3) is 3.97. The van der Waals surface area contributed by atoms with Gasteiger partial charge in [-0.05, 0) is 36.9 Å². The molecule has 1 aliphatic carbocycles. The Labute approximate surface area is 117 Å². The zero-order valence-corrected chi connectivity index (χ0v) is 12.3. The first-order valence-electron chi connectivity index (χ1n) is 6.35. The molecule has 0 aliphatic heterocycles. The Morgan fingerprint density at radius 2 is 2.00 bits per heavy atom. The second kappa shape index (κ2) is 6.77. The van der Waals surface area contributed by atoms with E-state index >= 15 is 0 Å². The van der Waals surface area contributed by atoms with Gasteiger partial charge in [0, 0.05) is 16.4 Å². The second-order valence-electron chi connectivity index (χ2n) is 4.78. The lowest BCUT2D eigenvalue weighted by molar-refractivity contribution is 0.348. The van der Waals surface area contributed by atoms with E-state index < -0.39 is 0 Å². The van der Waals surface area contributed by atoms with Crippen molar-refractivity contribution in [3.8, 4) is 0 Å². The van der Waals surface area contributed by atoms with Gasteiger partial charge in [-0.3, -0.25) is 0 Å². The molecule has 94 valence electrons. The van der Waals surface area contributed by atoms with Crippen LogP contribution in [0.1, 0.15) is 31.2 Å². The zero-order chi connectivity index (χ0) is 12.1. The SMILES string of the molecule is ClC1CCCCC1CNCc1ccccc1Br. The smallest absolute Gasteiger partial charge is 0.0376 e. The molecule has 1 nitrogen and oxygen atoms in total. The van der Waals surface area contributed by atoms with Gasteiger partial charge >= 0.3 is 0 Å². The number of halogens is 2. The lowest BCUT2D eigenvalue weighted by Crippen LogP contribution is -2.30. The van der Waals surface area contributed by atoms with Crippen LogP contribution in [0.5, 0.6) is 0 Å². The number of nitrogens with one attached hydrogen (secondary N) is 1. The Morgan fingerprint density at radius 3 is 2.76 bits per heavy atom. The maximum atomic E-state index is 6.35. The molecular weight excluding hydrogens is 298 g/mol. The van der Waals surface area contributed by atoms with Crippen LogP contribution in [0.25, 0.3) is 0 Å². The van der Waals surface area contributed by atoms with E-state index in [1.54, 1.807) is 0 Å². The van der Waals surface area contributed by atoms with Crippen LogP contribution in [0.3, 0.4) is 0 Å². The maximum absolute atomic E-state index is 6.35. The summed E-state index contributed by atoms with van der Waals surface area (Å²) in [7, 11) is 0. The zero-order valence-electron chi connectivity index (χ0n) is 9.96. The summed E-state index contributed by atoms with van der Waals surface area (Å²) >= 11 is 9.91. The van der Waals surface area contributed by atoms with Crippen molar-refractivity contribution in [1.82, 2.24) is 5.32 Å². The van der Waals surface area contributed by atoms with E-state index in [1.807, 2.05) is 6.07 Å². The molecule has 0 spiro atoms. The second-order valence-corrected chi connectivity index (χ2v) is 6.20. The summed E-state index contributed by atoms with van der Waals surface area (Å²) in [5.74, 6) is 0.646. The highest BCUT2D eigenvalue weighted by molar-refractivity contribution is 9.10. The van der Waals surface area contributed by atoms with Gasteiger partial charge in [-0.1, -0.05) is 47.0 Å². The van der Waals surface area contributed by atoms with Crippen LogP contribution in [0.4, 0.5) is 0 Å². The molecule has 0 bridgehead atoms. The normalized spacial score (nSPS) is 24.8. The van der Waals surface area contributed by atoms with Crippen molar-refractivity contribution < 1.29 is 0 Å². The third-order valence-corrected chi connectivity index (χ3v) is 4.84. The van der Waals surface area contributed by atoms with Crippen molar-refractivity contribution in [2.45, 2.75) is 37.6 Å². The molecule has 1 N–H and O–H groups in total. The van der Waals surface area contributed by atoms with E-state index in [0.29, 0.717) is 11.3 Å². The summed E-state index contributed by atoms with van der Waals surface area (Å²) in [6, 6.07) is 8.36. The number of alkyl halides is 1. The fraction of sp³-hybridized carbons (Fsp3) is 0.571. The van der Waals surface area contributed by atoms with E-state index in [9.17, 15) is 0 Å². The fourth-order valence-corrected chi connectivity index (χ4v) is 3.22. The van der Waals surface area contributed by atoms with Crippen molar-refractivity contribution in [2.24, 2.45) is 5.92 Å². The molecule has 1 saturated carbocycles. The first-order chi connectivity index (χ1) is 8.27. The van der Waals surface area contributed by atoms with Crippen LogP contribution in [0, 0.1) is 5.92 Å². The maximum Gasteiger partial charge on any atom is 0.0376 e. The van der Waals surface area contributed by atoms with Gasteiger partial charge in [0.15, 0.2) is 0 Å². The number of hydrogen-bond acceptors (Lipinski definition) is 1. The highest BCUT2D eigenvalue weighted by Gasteiger charge is 2.22. The summed E-state index contributed by atoms with van der Waals surface area (Å²) < 4.78 is 1.18. The summed E-state index contributed by atoms with van der Waals surface area (Å²) in [6.07, 6.45) is 5.10. The summed E-state index contributed by atoms with van der Waals surface area (Å²) in [4.78, 5) is 0. The molecule has 1 fully saturated rings. The molecule has 0 radical (unpaired) electrons. The van der Waals surface area contributed by atoms with Crippen LogP contribution in [0.2, 0.25) is 0 Å². The minimum absolute atomic E-state index is 0.371. The van der Waals surface area contributed by atoms with Crippen molar-refractivity contribution in [2.75, 3.05) is 6.54 Å². The summed E-state index contributed by atoms with van der Waals surface area (Å²) in [5.41, 5.74) is 1.31. The molecule has 3 heteroatoms. The van der Waals surface area contributed by atoms with Crippen LogP contribution in [-0.4, -0.2) is 11.9 Å². The van der Waals surface area contributed by atoms with E-state index in [0.717, 1.165) is 13.1 Å². The Kier molecular flexibility index (Phi) is 5.33. The van der Waals surface area contributed by atoms with Gasteiger partial charge in [0.1, 0.15) is 0 Å². The molecule has 0 saturated heterocycles. The van der Waals surface area contributed by atoms with Gasteiger partial charge in [-0.15, -0.1) is 11.6 Å². The van der Waals surface area contributed by atoms with Crippen molar-refractivity contribution in [1.29, 1.82) is 0 Å². The largest absolute Gasteiger partial charge is 0.312 e. The quantitative estimate of drug-likeness (QED) is 0.815. The van der Waals surface area contributed by atoms with E-state index in [2.05, 4.69) is 39.4 Å². The molecule has 0 heterocycles. The molecule has 2 rings (SSSR count). The Balaban J connectivity index is 1.77. The van der Waals surface area contributed by atoms with Crippen LogP contribution in [-0.2, 0) is 6.54 Å². The molecule has 1 aromatic rings. The Hall–Kier alpha value is -0.0500. The van der Waals surface area contributed by atoms with Gasteiger partial charge in [0.05, 0.1) is 0 Å². The Morgan fingerprint density at radius 1 is 1.24 bits per heavy atom. The lowest BCUT2D eigenvalue weighted by atomic mass is 9.89. The van der Waals surface area contributed by atoms with Crippen LogP contribution >= 0.6 is 27.5 Å². The molecule has 0 amide bonds. The predicted molar refractivity (Wildman–Crippen MR) is 77.4 cm³/mol. The van der Waals surface area contributed by atoms with Crippen molar-refractivity contribution >= 4 is 27.5 Å². The van der Waals surface area contributed by atoms with Gasteiger partial charge in [0.2, 0.25) is 0 Å². The lowest BCUT2D eigenvalue weighted by Gasteiger charge is -2.27. The number of benzene rings is 1. The predicted octanol–water partition coefficient (Wildman–Crippen LogP) is 4.34. The first-order valence-corrected chi connectivity index (χ1v) is 7.58. The standard InChI is InChI=1S/C14H19BrClN/c15-13-7-3-1-5-11(13)9-17-10-12-6-2-4-8-14(12)16/h1,3,5,7,12,14,17H,2,4,6,8-10H2. The molecule has 1 aromatic carbocycles. The monoisotopic (exact) mass is 315 g/mol. The van der Waals surface area contributed by atoms with Crippen LogP contribution < -0.4 is 5.32 Å². The topological polar surface area (TPSA) is 12.0 Å². The number of rotatable bonds is 4. The highest BCUT2D eigenvalue weighted by Crippen LogP contribution is 2.28. The molecule has 0 aromatic heterocycles. The minimum Gasteiger partial charge on any atom is -0.312 e. The first kappa shape index (κ1) is 13.4. The Bertz CT molecular complexity index is 356. The average molecular weight is 317 g/mol. The third-order valence-electron chi connectivity index (χ3n) is 3.50. The number of hydrogen-bond donors (Lipinski definition) is 1. The summed E-state index contributed by atoms with van der Waals surface area (Å²) in [5, 5.41) is 3.90. The molecule has 1 aliphatic rings. The minimum atomic E-state index is 0.371. The van der Waals surface area contributed by atoms with Gasteiger partial charge < -0.3 is 5.32 Å². The molecule has 2 unspecified atom stereocenters. The highest BCUT2D eigenvalue weighted by atomic mass is 79.9. The molecule has 2 atom stereocenters. The van der Waals surface area contributed by atoms with Crippen molar-refractivity contribution in [3.63, 3.8) is 0 Å². The fourth-order valence-electron chi connectivity index (χ4n) is 2.43. The van der Waals surface area contributed by atoms with E-state index in [1.165, 1.54) is 35.7 Å². The van der Waals surface area contributed by atoms with E-state index in [4.69, 9.17) is 11.6 Å². The van der Waals surface area contributed by atoms with Gasteiger partial charge in [0.25, 0.3) is 0 Å².